The molecule has 4 nitrogen and oxygen atoms in total. The highest BCUT2D eigenvalue weighted by atomic mass is 16.2. The Kier molecular flexibility index (Phi) is 2.24. The van der Waals surface area contributed by atoms with Crippen LogP contribution >= 0.6 is 0 Å². The van der Waals surface area contributed by atoms with Crippen LogP contribution in [0.5, 0.6) is 0 Å². The second kappa shape index (κ2) is 3.00. The Labute approximate surface area is 65.8 Å². The molecule has 4 heteroatoms. The van der Waals surface area contributed by atoms with Gasteiger partial charge in [-0.05, 0) is 7.05 Å². The summed E-state index contributed by atoms with van der Waals surface area (Å²) in [5.41, 5.74) is 0. The molecule has 11 heavy (non-hydrogen) atoms. The van der Waals surface area contributed by atoms with E-state index < -0.39 is 0 Å². The molecule has 1 rings (SSSR count). The van der Waals surface area contributed by atoms with Crippen molar-refractivity contribution >= 4 is 11.7 Å². The summed E-state index contributed by atoms with van der Waals surface area (Å²) < 4.78 is 0. The zero-order valence-electron chi connectivity index (χ0n) is 6.83. The molecule has 0 radical (unpaired) electrons. The SMILES string of the molecule is CN1CC(=O)CN(C)C(=O)C1. The fraction of sp³-hybridized carbons (Fsp3) is 0.714. The second-order valence-electron chi connectivity index (χ2n) is 2.96. The minimum Gasteiger partial charge on any atom is -0.337 e. The number of hydrogen-bond donors (Lipinski definition) is 0. The zero-order chi connectivity index (χ0) is 8.43. The Balaban J connectivity index is 2.66. The van der Waals surface area contributed by atoms with Gasteiger partial charge in [0.1, 0.15) is 0 Å². The topological polar surface area (TPSA) is 40.6 Å². The molecular weight excluding hydrogens is 144 g/mol. The lowest BCUT2D eigenvalue weighted by Crippen LogP contribution is -2.32. The normalized spacial score (nSPS) is 22.2. The van der Waals surface area contributed by atoms with E-state index in [2.05, 4.69) is 0 Å². The molecule has 1 aliphatic heterocycles. The molecule has 1 fully saturated rings. The van der Waals surface area contributed by atoms with Crippen LogP contribution in [0.4, 0.5) is 0 Å². The fourth-order valence-corrected chi connectivity index (χ4v) is 1.11. The van der Waals surface area contributed by atoms with Gasteiger partial charge in [0.2, 0.25) is 5.91 Å². The monoisotopic (exact) mass is 156 g/mol. The van der Waals surface area contributed by atoms with Crippen LogP contribution in [0, 0.1) is 0 Å². The summed E-state index contributed by atoms with van der Waals surface area (Å²) in [4.78, 5) is 25.3. The number of nitrogens with zero attached hydrogens (tertiary/aromatic N) is 2. The van der Waals surface area contributed by atoms with E-state index in [0.717, 1.165) is 0 Å². The van der Waals surface area contributed by atoms with Crippen molar-refractivity contribution in [1.82, 2.24) is 9.80 Å². The van der Waals surface area contributed by atoms with Crippen molar-refractivity contribution in [3.63, 3.8) is 0 Å². The van der Waals surface area contributed by atoms with Crippen molar-refractivity contribution in [1.29, 1.82) is 0 Å². The molecule has 0 unspecified atom stereocenters. The summed E-state index contributed by atoms with van der Waals surface area (Å²) in [5.74, 6) is 0.110. The number of likely N-dealkylation sites (N-methyl/N-ethyl adjacent to an activating group) is 2. The molecule has 0 aromatic rings. The summed E-state index contributed by atoms with van der Waals surface area (Å²) in [6.45, 7) is 0.988. The Hall–Kier alpha value is -0.900. The van der Waals surface area contributed by atoms with E-state index in [9.17, 15) is 9.59 Å². The van der Waals surface area contributed by atoms with Crippen LogP contribution in [-0.4, -0.2) is 55.2 Å². The number of carbonyl (C=O) groups is 2. The molecule has 0 aromatic heterocycles. The minimum atomic E-state index is 0.0124. The Bertz CT molecular complexity index is 191. The van der Waals surface area contributed by atoms with E-state index in [-0.39, 0.29) is 18.2 Å². The lowest BCUT2D eigenvalue weighted by Gasteiger charge is -2.12. The summed E-state index contributed by atoms with van der Waals surface area (Å²) in [7, 11) is 3.42. The maximum atomic E-state index is 11.1. The van der Waals surface area contributed by atoms with Crippen LogP contribution in [0.25, 0.3) is 0 Å². The van der Waals surface area contributed by atoms with Gasteiger partial charge in [0.25, 0.3) is 0 Å². The van der Waals surface area contributed by atoms with Crippen LogP contribution in [0.3, 0.4) is 0 Å². The molecule has 1 saturated heterocycles. The number of hydrogen-bond acceptors (Lipinski definition) is 3. The highest BCUT2D eigenvalue weighted by Crippen LogP contribution is 1.96. The van der Waals surface area contributed by atoms with Gasteiger partial charge in [-0.3, -0.25) is 14.5 Å². The largest absolute Gasteiger partial charge is 0.337 e. The van der Waals surface area contributed by atoms with Crippen LogP contribution in [0.2, 0.25) is 0 Å². The predicted molar refractivity (Wildman–Crippen MR) is 40.1 cm³/mol. The van der Waals surface area contributed by atoms with Crippen LogP contribution < -0.4 is 0 Å². The second-order valence-corrected chi connectivity index (χ2v) is 2.96. The lowest BCUT2D eigenvalue weighted by molar-refractivity contribution is -0.131. The van der Waals surface area contributed by atoms with Crippen LogP contribution in [0.1, 0.15) is 0 Å². The number of ketones is 1. The first kappa shape index (κ1) is 8.20. The number of amides is 1. The van der Waals surface area contributed by atoms with Crippen molar-refractivity contribution in [2.45, 2.75) is 0 Å². The van der Waals surface area contributed by atoms with E-state index in [0.29, 0.717) is 13.1 Å². The quantitative estimate of drug-likeness (QED) is 0.450. The van der Waals surface area contributed by atoms with Crippen molar-refractivity contribution in [2.24, 2.45) is 0 Å². The van der Waals surface area contributed by atoms with Gasteiger partial charge in [-0.15, -0.1) is 0 Å². The third-order valence-corrected chi connectivity index (χ3v) is 1.69. The Morgan fingerprint density at radius 2 is 1.73 bits per heavy atom. The Morgan fingerprint density at radius 1 is 1.09 bits per heavy atom. The van der Waals surface area contributed by atoms with Gasteiger partial charge in [0, 0.05) is 7.05 Å². The van der Waals surface area contributed by atoms with Gasteiger partial charge in [0.15, 0.2) is 5.78 Å². The Morgan fingerprint density at radius 3 is 2.36 bits per heavy atom. The minimum absolute atomic E-state index is 0.0124. The van der Waals surface area contributed by atoms with E-state index in [1.807, 2.05) is 0 Å². The van der Waals surface area contributed by atoms with Gasteiger partial charge in [-0.1, -0.05) is 0 Å². The van der Waals surface area contributed by atoms with Gasteiger partial charge in [-0.25, -0.2) is 0 Å². The summed E-state index contributed by atoms with van der Waals surface area (Å²) in [6, 6.07) is 0. The molecule has 0 bridgehead atoms. The molecule has 1 heterocycles. The zero-order valence-corrected chi connectivity index (χ0v) is 6.83. The summed E-state index contributed by atoms with van der Waals surface area (Å²) in [6.07, 6.45) is 0. The van der Waals surface area contributed by atoms with E-state index in [1.165, 1.54) is 4.90 Å². The highest BCUT2D eigenvalue weighted by Gasteiger charge is 2.20. The number of rotatable bonds is 0. The van der Waals surface area contributed by atoms with Crippen molar-refractivity contribution in [2.75, 3.05) is 33.7 Å². The average Bonchev–Trinajstić information content (AvgIpc) is 1.93. The van der Waals surface area contributed by atoms with Crippen LogP contribution in [-0.2, 0) is 9.59 Å². The number of carbonyl (C=O) groups excluding carboxylic acids is 2. The van der Waals surface area contributed by atoms with Crippen LogP contribution in [0.15, 0.2) is 0 Å². The molecule has 0 saturated carbocycles. The van der Waals surface area contributed by atoms with E-state index in [1.54, 1.807) is 19.0 Å². The molecule has 0 N–H and O–H groups in total. The van der Waals surface area contributed by atoms with Gasteiger partial charge >= 0.3 is 0 Å². The molecule has 0 aromatic carbocycles. The van der Waals surface area contributed by atoms with Crippen molar-refractivity contribution in [3.8, 4) is 0 Å². The first-order valence-corrected chi connectivity index (χ1v) is 3.54. The third-order valence-electron chi connectivity index (χ3n) is 1.69. The molecular formula is C7H12N2O2. The molecule has 62 valence electrons. The molecule has 0 spiro atoms. The molecule has 0 aliphatic carbocycles. The van der Waals surface area contributed by atoms with Gasteiger partial charge in [-0.2, -0.15) is 0 Å². The first-order valence-electron chi connectivity index (χ1n) is 3.54. The maximum Gasteiger partial charge on any atom is 0.236 e. The maximum absolute atomic E-state index is 11.1. The van der Waals surface area contributed by atoms with E-state index in [4.69, 9.17) is 0 Å². The third kappa shape index (κ3) is 2.01. The summed E-state index contributed by atoms with van der Waals surface area (Å²) in [5, 5.41) is 0. The first-order chi connectivity index (χ1) is 5.09. The number of Topliss-reactive ketones (excluding diaryl/α,β-unsaturated/α-hetero) is 1. The van der Waals surface area contributed by atoms with Crippen molar-refractivity contribution < 1.29 is 9.59 Å². The lowest BCUT2D eigenvalue weighted by atomic mass is 10.4. The standard InChI is InChI=1S/C7H12N2O2/c1-8-3-6(10)4-9(2)7(11)5-8/h3-5H2,1-2H3. The van der Waals surface area contributed by atoms with E-state index >= 15 is 0 Å². The van der Waals surface area contributed by atoms with Crippen molar-refractivity contribution in [3.05, 3.63) is 0 Å². The average molecular weight is 156 g/mol. The fourth-order valence-electron chi connectivity index (χ4n) is 1.11. The predicted octanol–water partition coefficient (Wildman–Crippen LogP) is -1.04. The van der Waals surface area contributed by atoms with Gasteiger partial charge < -0.3 is 4.90 Å². The molecule has 1 aliphatic rings. The van der Waals surface area contributed by atoms with Gasteiger partial charge in [0.05, 0.1) is 19.6 Å². The summed E-state index contributed by atoms with van der Waals surface area (Å²) >= 11 is 0. The molecule has 0 atom stereocenters. The highest BCUT2D eigenvalue weighted by molar-refractivity contribution is 5.90. The smallest absolute Gasteiger partial charge is 0.236 e. The molecule has 1 amide bonds.